The maximum absolute atomic E-state index is 12.2. The predicted molar refractivity (Wildman–Crippen MR) is 64.5 cm³/mol. The Labute approximate surface area is 107 Å². The van der Waals surface area contributed by atoms with Crippen LogP contribution in [0.15, 0.2) is 16.6 Å². The quantitative estimate of drug-likeness (QED) is 0.878. The highest BCUT2D eigenvalue weighted by Crippen LogP contribution is 2.37. The molecular formula is C11H14BrF2NO2. The van der Waals surface area contributed by atoms with Crippen molar-refractivity contribution in [2.75, 3.05) is 6.61 Å². The molecule has 96 valence electrons. The average molecular weight is 310 g/mol. The number of aromatic hydroxyl groups is 1. The Hall–Kier alpha value is -0.880. The molecule has 0 bridgehead atoms. The van der Waals surface area contributed by atoms with E-state index in [-0.39, 0.29) is 11.5 Å². The van der Waals surface area contributed by atoms with Gasteiger partial charge in [-0.3, -0.25) is 0 Å². The fourth-order valence-electron chi connectivity index (χ4n) is 1.40. The molecule has 0 aromatic heterocycles. The van der Waals surface area contributed by atoms with Crippen LogP contribution >= 0.6 is 15.9 Å². The Bertz CT molecular complexity index is 388. The SMILES string of the molecule is CCOc1cc([C@@H](N)CC(F)F)cc(Br)c1O. The smallest absolute Gasteiger partial charge is 0.240 e. The van der Waals surface area contributed by atoms with Crippen molar-refractivity contribution in [1.82, 2.24) is 0 Å². The number of alkyl halides is 2. The van der Waals surface area contributed by atoms with E-state index >= 15 is 0 Å². The largest absolute Gasteiger partial charge is 0.503 e. The number of phenols is 1. The van der Waals surface area contributed by atoms with Crippen LogP contribution in [0.3, 0.4) is 0 Å². The molecule has 17 heavy (non-hydrogen) atoms. The number of hydrogen-bond acceptors (Lipinski definition) is 3. The maximum Gasteiger partial charge on any atom is 0.240 e. The van der Waals surface area contributed by atoms with Crippen LogP contribution in [0.1, 0.15) is 24.9 Å². The van der Waals surface area contributed by atoms with Crippen LogP contribution in [0.5, 0.6) is 11.5 Å². The number of hydrogen-bond donors (Lipinski definition) is 2. The number of benzene rings is 1. The third kappa shape index (κ3) is 3.81. The molecule has 0 aliphatic heterocycles. The van der Waals surface area contributed by atoms with E-state index in [1.54, 1.807) is 6.92 Å². The molecule has 6 heteroatoms. The molecule has 0 fully saturated rings. The third-order valence-electron chi connectivity index (χ3n) is 2.21. The Kier molecular flexibility index (Phi) is 5.14. The lowest BCUT2D eigenvalue weighted by molar-refractivity contribution is 0.128. The molecule has 0 saturated carbocycles. The Morgan fingerprint density at radius 2 is 2.12 bits per heavy atom. The van der Waals surface area contributed by atoms with E-state index in [0.29, 0.717) is 16.6 Å². The van der Waals surface area contributed by atoms with E-state index in [1.807, 2.05) is 0 Å². The summed E-state index contributed by atoms with van der Waals surface area (Å²) in [6.45, 7) is 2.13. The van der Waals surface area contributed by atoms with E-state index in [9.17, 15) is 13.9 Å². The van der Waals surface area contributed by atoms with Gasteiger partial charge in [-0.1, -0.05) is 0 Å². The Balaban J connectivity index is 3.00. The van der Waals surface area contributed by atoms with Crippen LogP contribution in [0.4, 0.5) is 8.78 Å². The van der Waals surface area contributed by atoms with Crippen molar-refractivity contribution >= 4 is 15.9 Å². The zero-order valence-corrected chi connectivity index (χ0v) is 10.9. The van der Waals surface area contributed by atoms with Crippen LogP contribution in [0.2, 0.25) is 0 Å². The van der Waals surface area contributed by atoms with Gasteiger partial charge in [0.15, 0.2) is 11.5 Å². The molecule has 3 N–H and O–H groups in total. The summed E-state index contributed by atoms with van der Waals surface area (Å²) in [6, 6.07) is 2.22. The molecule has 0 heterocycles. The topological polar surface area (TPSA) is 55.5 Å². The van der Waals surface area contributed by atoms with Gasteiger partial charge in [-0.15, -0.1) is 0 Å². The fourth-order valence-corrected chi connectivity index (χ4v) is 1.86. The lowest BCUT2D eigenvalue weighted by Gasteiger charge is -2.15. The van der Waals surface area contributed by atoms with Crippen LogP contribution < -0.4 is 10.5 Å². The van der Waals surface area contributed by atoms with E-state index in [4.69, 9.17) is 10.5 Å². The molecule has 1 aromatic carbocycles. The number of rotatable bonds is 5. The van der Waals surface area contributed by atoms with Crippen LogP contribution in [-0.4, -0.2) is 18.1 Å². The van der Waals surface area contributed by atoms with Gasteiger partial charge < -0.3 is 15.6 Å². The van der Waals surface area contributed by atoms with Crippen LogP contribution in [-0.2, 0) is 0 Å². The first-order valence-corrected chi connectivity index (χ1v) is 5.94. The summed E-state index contributed by atoms with van der Waals surface area (Å²) in [5, 5.41) is 9.66. The minimum Gasteiger partial charge on any atom is -0.503 e. The second-order valence-electron chi connectivity index (χ2n) is 3.52. The maximum atomic E-state index is 12.2. The van der Waals surface area contributed by atoms with Gasteiger partial charge in [-0.05, 0) is 40.5 Å². The molecule has 0 radical (unpaired) electrons. The van der Waals surface area contributed by atoms with Gasteiger partial charge in [-0.2, -0.15) is 0 Å². The summed E-state index contributed by atoms with van der Waals surface area (Å²) in [6.07, 6.45) is -2.89. The molecule has 0 spiro atoms. The van der Waals surface area contributed by atoms with Gasteiger partial charge in [0.2, 0.25) is 6.43 Å². The fraction of sp³-hybridized carbons (Fsp3) is 0.455. The van der Waals surface area contributed by atoms with Crippen molar-refractivity contribution in [1.29, 1.82) is 0 Å². The van der Waals surface area contributed by atoms with Gasteiger partial charge >= 0.3 is 0 Å². The van der Waals surface area contributed by atoms with Crippen LogP contribution in [0.25, 0.3) is 0 Å². The van der Waals surface area contributed by atoms with Gasteiger partial charge in [-0.25, -0.2) is 8.78 Å². The predicted octanol–water partition coefficient (Wildman–Crippen LogP) is 3.21. The Morgan fingerprint density at radius 3 is 2.65 bits per heavy atom. The minimum atomic E-state index is -2.46. The first-order chi connectivity index (χ1) is 7.95. The number of nitrogens with two attached hydrogens (primary N) is 1. The lowest BCUT2D eigenvalue weighted by Crippen LogP contribution is -2.14. The molecule has 1 aromatic rings. The van der Waals surface area contributed by atoms with E-state index < -0.39 is 18.9 Å². The zero-order valence-electron chi connectivity index (χ0n) is 9.29. The average Bonchev–Trinajstić information content (AvgIpc) is 2.23. The van der Waals surface area contributed by atoms with Crippen molar-refractivity contribution in [3.63, 3.8) is 0 Å². The second kappa shape index (κ2) is 6.16. The third-order valence-corrected chi connectivity index (χ3v) is 2.82. The summed E-state index contributed by atoms with van der Waals surface area (Å²) < 4.78 is 30.0. The summed E-state index contributed by atoms with van der Waals surface area (Å²) in [7, 11) is 0. The van der Waals surface area contributed by atoms with Crippen molar-refractivity contribution in [3.05, 3.63) is 22.2 Å². The van der Waals surface area contributed by atoms with Crippen molar-refractivity contribution in [2.45, 2.75) is 25.8 Å². The molecule has 1 rings (SSSR count). The molecule has 3 nitrogen and oxygen atoms in total. The highest BCUT2D eigenvalue weighted by Gasteiger charge is 2.17. The summed E-state index contributed by atoms with van der Waals surface area (Å²) >= 11 is 3.13. The molecule has 0 saturated heterocycles. The van der Waals surface area contributed by atoms with Gasteiger partial charge in [0.25, 0.3) is 0 Å². The highest BCUT2D eigenvalue weighted by atomic mass is 79.9. The van der Waals surface area contributed by atoms with Crippen LogP contribution in [0, 0.1) is 0 Å². The van der Waals surface area contributed by atoms with Crippen molar-refractivity contribution in [3.8, 4) is 11.5 Å². The molecule has 0 amide bonds. The minimum absolute atomic E-state index is 0.0557. The summed E-state index contributed by atoms with van der Waals surface area (Å²) in [4.78, 5) is 0. The zero-order chi connectivity index (χ0) is 13.0. The highest BCUT2D eigenvalue weighted by molar-refractivity contribution is 9.10. The molecule has 0 unspecified atom stereocenters. The normalized spacial score (nSPS) is 12.8. The second-order valence-corrected chi connectivity index (χ2v) is 4.37. The van der Waals surface area contributed by atoms with Gasteiger partial charge in [0, 0.05) is 12.5 Å². The summed E-state index contributed by atoms with van der Waals surface area (Å²) in [5.74, 6) is 0.182. The Morgan fingerprint density at radius 1 is 1.47 bits per heavy atom. The lowest BCUT2D eigenvalue weighted by atomic mass is 10.0. The molecule has 0 aliphatic rings. The van der Waals surface area contributed by atoms with Gasteiger partial charge in [0.1, 0.15) is 0 Å². The number of phenolic OH excluding ortho intramolecular Hbond substituents is 1. The van der Waals surface area contributed by atoms with E-state index in [2.05, 4.69) is 15.9 Å². The first-order valence-electron chi connectivity index (χ1n) is 5.14. The molecule has 1 atom stereocenters. The van der Waals surface area contributed by atoms with E-state index in [0.717, 1.165) is 0 Å². The summed E-state index contributed by atoms with van der Waals surface area (Å²) in [5.41, 5.74) is 6.14. The van der Waals surface area contributed by atoms with Crippen molar-refractivity contribution < 1.29 is 18.6 Å². The monoisotopic (exact) mass is 309 g/mol. The van der Waals surface area contributed by atoms with Crippen molar-refractivity contribution in [2.24, 2.45) is 5.73 Å². The van der Waals surface area contributed by atoms with Gasteiger partial charge in [0.05, 0.1) is 11.1 Å². The number of halogens is 3. The molecular weight excluding hydrogens is 296 g/mol. The van der Waals surface area contributed by atoms with E-state index in [1.165, 1.54) is 12.1 Å². The standard InChI is InChI=1S/C11H14BrF2NO2/c1-2-17-9-4-6(3-7(12)11(9)16)8(15)5-10(13)14/h3-4,8,10,16H,2,5,15H2,1H3/t8-/m0/s1. The molecule has 0 aliphatic carbocycles. The number of ether oxygens (including phenoxy) is 1. The first kappa shape index (κ1) is 14.2.